The van der Waals surface area contributed by atoms with Crippen molar-refractivity contribution < 1.29 is 14.6 Å². The van der Waals surface area contributed by atoms with Gasteiger partial charge < -0.3 is 15.2 Å². The van der Waals surface area contributed by atoms with Gasteiger partial charge in [0.25, 0.3) is 0 Å². The number of rotatable bonds is 5. The van der Waals surface area contributed by atoms with Crippen LogP contribution in [0.5, 0.6) is 0 Å². The second-order valence-electron chi connectivity index (χ2n) is 4.72. The molecule has 1 aliphatic rings. The Morgan fingerprint density at radius 3 is 2.83 bits per heavy atom. The summed E-state index contributed by atoms with van der Waals surface area (Å²) < 4.78 is 4.59. The van der Waals surface area contributed by atoms with Crippen LogP contribution in [-0.2, 0) is 4.74 Å². The Morgan fingerprint density at radius 1 is 1.56 bits per heavy atom. The Bertz CT molecular complexity index is 458. The fourth-order valence-electron chi connectivity index (χ4n) is 1.69. The molecule has 2 N–H and O–H groups in total. The lowest BCUT2D eigenvalue weighted by Crippen LogP contribution is -2.20. The maximum atomic E-state index is 11.4. The molecule has 0 saturated heterocycles. The molecule has 1 heterocycles. The SMILES string of the molecule is COC(=O)c1nc(C)cc(NCC2(CO)CC2)n1. The maximum absolute atomic E-state index is 11.4. The molecular formula is C12H17N3O3. The largest absolute Gasteiger partial charge is 0.463 e. The molecule has 0 amide bonds. The van der Waals surface area contributed by atoms with E-state index in [2.05, 4.69) is 20.0 Å². The van der Waals surface area contributed by atoms with Crippen molar-refractivity contribution in [2.45, 2.75) is 19.8 Å². The molecule has 1 fully saturated rings. The molecule has 0 spiro atoms. The van der Waals surface area contributed by atoms with Crippen molar-refractivity contribution in [2.75, 3.05) is 25.6 Å². The van der Waals surface area contributed by atoms with Gasteiger partial charge in [-0.05, 0) is 19.8 Å². The minimum Gasteiger partial charge on any atom is -0.463 e. The topological polar surface area (TPSA) is 84.3 Å². The monoisotopic (exact) mass is 251 g/mol. The predicted octanol–water partition coefficient (Wildman–Crippen LogP) is 0.756. The minimum atomic E-state index is -0.551. The van der Waals surface area contributed by atoms with Gasteiger partial charge in [-0.15, -0.1) is 0 Å². The Hall–Kier alpha value is -1.69. The number of anilines is 1. The lowest BCUT2D eigenvalue weighted by molar-refractivity contribution is 0.0586. The second kappa shape index (κ2) is 4.89. The highest BCUT2D eigenvalue weighted by molar-refractivity contribution is 5.85. The van der Waals surface area contributed by atoms with Crippen molar-refractivity contribution in [3.05, 3.63) is 17.6 Å². The Morgan fingerprint density at radius 2 is 2.28 bits per heavy atom. The average molecular weight is 251 g/mol. The summed E-state index contributed by atoms with van der Waals surface area (Å²) in [5, 5.41) is 12.4. The molecule has 1 saturated carbocycles. The molecule has 0 unspecified atom stereocenters. The summed E-state index contributed by atoms with van der Waals surface area (Å²) in [4.78, 5) is 19.5. The van der Waals surface area contributed by atoms with E-state index in [4.69, 9.17) is 0 Å². The molecule has 0 bridgehead atoms. The van der Waals surface area contributed by atoms with Crippen LogP contribution >= 0.6 is 0 Å². The van der Waals surface area contributed by atoms with Gasteiger partial charge in [-0.25, -0.2) is 14.8 Å². The van der Waals surface area contributed by atoms with Crippen LogP contribution in [0.25, 0.3) is 0 Å². The van der Waals surface area contributed by atoms with E-state index in [0.29, 0.717) is 18.1 Å². The van der Waals surface area contributed by atoms with Crippen molar-refractivity contribution in [3.63, 3.8) is 0 Å². The van der Waals surface area contributed by atoms with Crippen LogP contribution in [-0.4, -0.2) is 41.3 Å². The number of aliphatic hydroxyl groups excluding tert-OH is 1. The molecule has 0 aliphatic heterocycles. The Kier molecular flexibility index (Phi) is 3.47. The van der Waals surface area contributed by atoms with Gasteiger partial charge >= 0.3 is 5.97 Å². The smallest absolute Gasteiger partial charge is 0.376 e. The number of nitrogens with one attached hydrogen (secondary N) is 1. The molecule has 0 radical (unpaired) electrons. The summed E-state index contributed by atoms with van der Waals surface area (Å²) in [7, 11) is 1.30. The summed E-state index contributed by atoms with van der Waals surface area (Å²) >= 11 is 0. The number of ether oxygens (including phenoxy) is 1. The zero-order chi connectivity index (χ0) is 13.2. The maximum Gasteiger partial charge on any atom is 0.376 e. The van der Waals surface area contributed by atoms with Crippen molar-refractivity contribution in [1.29, 1.82) is 0 Å². The highest BCUT2D eigenvalue weighted by Gasteiger charge is 2.41. The summed E-state index contributed by atoms with van der Waals surface area (Å²) in [5.41, 5.74) is 0.686. The van der Waals surface area contributed by atoms with E-state index in [1.54, 1.807) is 13.0 Å². The van der Waals surface area contributed by atoms with Crippen LogP contribution < -0.4 is 5.32 Å². The van der Waals surface area contributed by atoms with Gasteiger partial charge in [0.15, 0.2) is 0 Å². The van der Waals surface area contributed by atoms with Gasteiger partial charge in [0.2, 0.25) is 5.82 Å². The molecular weight excluding hydrogens is 234 g/mol. The lowest BCUT2D eigenvalue weighted by atomic mass is 10.1. The van der Waals surface area contributed by atoms with E-state index >= 15 is 0 Å². The van der Waals surface area contributed by atoms with Crippen LogP contribution in [0, 0.1) is 12.3 Å². The summed E-state index contributed by atoms with van der Waals surface area (Å²) in [6.45, 7) is 2.62. The number of hydrogen-bond acceptors (Lipinski definition) is 6. The van der Waals surface area contributed by atoms with E-state index in [9.17, 15) is 9.90 Å². The average Bonchev–Trinajstić information content (AvgIpc) is 3.15. The standard InChI is InChI=1S/C12H17N3O3/c1-8-5-9(13-6-12(7-16)3-4-12)15-10(14-8)11(17)18-2/h5,16H,3-4,6-7H2,1-2H3,(H,13,14,15). The van der Waals surface area contributed by atoms with Gasteiger partial charge in [-0.2, -0.15) is 0 Å². The van der Waals surface area contributed by atoms with Crippen LogP contribution in [0.4, 0.5) is 5.82 Å². The Labute approximate surface area is 105 Å². The third kappa shape index (κ3) is 2.76. The van der Waals surface area contributed by atoms with Crippen LogP contribution in [0.1, 0.15) is 29.2 Å². The number of aryl methyl sites for hydroxylation is 1. The van der Waals surface area contributed by atoms with E-state index in [0.717, 1.165) is 12.8 Å². The first-order chi connectivity index (χ1) is 8.58. The van der Waals surface area contributed by atoms with E-state index in [1.807, 2.05) is 0 Å². The van der Waals surface area contributed by atoms with Crippen molar-refractivity contribution >= 4 is 11.8 Å². The minimum absolute atomic E-state index is 0.00964. The zero-order valence-corrected chi connectivity index (χ0v) is 10.6. The highest BCUT2D eigenvalue weighted by Crippen LogP contribution is 2.44. The molecule has 2 rings (SSSR count). The molecule has 1 aromatic heterocycles. The molecule has 0 atom stereocenters. The van der Waals surface area contributed by atoms with Gasteiger partial charge in [-0.3, -0.25) is 0 Å². The predicted molar refractivity (Wildman–Crippen MR) is 65.4 cm³/mol. The fourth-order valence-corrected chi connectivity index (χ4v) is 1.69. The van der Waals surface area contributed by atoms with E-state index < -0.39 is 5.97 Å². The van der Waals surface area contributed by atoms with Crippen LogP contribution in [0.2, 0.25) is 0 Å². The molecule has 1 aliphatic carbocycles. The van der Waals surface area contributed by atoms with E-state index in [-0.39, 0.29) is 17.8 Å². The number of aliphatic hydroxyl groups is 1. The number of carbonyl (C=O) groups excluding carboxylic acids is 1. The number of aromatic nitrogens is 2. The first kappa shape index (κ1) is 12.8. The van der Waals surface area contributed by atoms with Crippen molar-refractivity contribution in [3.8, 4) is 0 Å². The molecule has 6 nitrogen and oxygen atoms in total. The first-order valence-corrected chi connectivity index (χ1v) is 5.87. The first-order valence-electron chi connectivity index (χ1n) is 5.87. The number of carbonyl (C=O) groups is 1. The fraction of sp³-hybridized carbons (Fsp3) is 0.583. The van der Waals surface area contributed by atoms with Gasteiger partial charge in [0.05, 0.1) is 13.7 Å². The Balaban J connectivity index is 2.08. The van der Waals surface area contributed by atoms with Gasteiger partial charge in [0, 0.05) is 23.7 Å². The van der Waals surface area contributed by atoms with Gasteiger partial charge in [0.1, 0.15) is 5.82 Å². The number of methoxy groups -OCH3 is 1. The lowest BCUT2D eigenvalue weighted by Gasteiger charge is -2.13. The summed E-state index contributed by atoms with van der Waals surface area (Å²) in [5.74, 6) is 0.0847. The summed E-state index contributed by atoms with van der Waals surface area (Å²) in [6, 6.07) is 1.76. The number of nitrogens with zero attached hydrogens (tertiary/aromatic N) is 2. The van der Waals surface area contributed by atoms with Crippen molar-refractivity contribution in [1.82, 2.24) is 9.97 Å². The van der Waals surface area contributed by atoms with Crippen molar-refractivity contribution in [2.24, 2.45) is 5.41 Å². The number of hydrogen-bond donors (Lipinski definition) is 2. The van der Waals surface area contributed by atoms with E-state index in [1.165, 1.54) is 7.11 Å². The molecule has 1 aromatic rings. The quantitative estimate of drug-likeness (QED) is 0.751. The third-order valence-corrected chi connectivity index (χ3v) is 3.16. The molecule has 98 valence electrons. The summed E-state index contributed by atoms with van der Waals surface area (Å²) in [6.07, 6.45) is 2.04. The zero-order valence-electron chi connectivity index (χ0n) is 10.6. The molecule has 6 heteroatoms. The molecule has 18 heavy (non-hydrogen) atoms. The molecule has 0 aromatic carbocycles. The van der Waals surface area contributed by atoms with Gasteiger partial charge in [-0.1, -0.05) is 0 Å². The van der Waals surface area contributed by atoms with Crippen LogP contribution in [0.3, 0.4) is 0 Å². The second-order valence-corrected chi connectivity index (χ2v) is 4.72. The third-order valence-electron chi connectivity index (χ3n) is 3.16. The number of esters is 1. The van der Waals surface area contributed by atoms with Crippen LogP contribution in [0.15, 0.2) is 6.07 Å². The highest BCUT2D eigenvalue weighted by atomic mass is 16.5. The normalized spacial score (nSPS) is 16.2.